The van der Waals surface area contributed by atoms with Crippen molar-refractivity contribution < 1.29 is 19.1 Å². The molecular weight excluding hydrogens is 294 g/mol. The molecule has 1 aromatic rings. The maximum absolute atomic E-state index is 12.2. The summed E-state index contributed by atoms with van der Waals surface area (Å²) < 4.78 is 10.5. The van der Waals surface area contributed by atoms with Crippen LogP contribution in [0.3, 0.4) is 0 Å². The quantitative estimate of drug-likeness (QED) is 0.931. The van der Waals surface area contributed by atoms with Gasteiger partial charge in [0.25, 0.3) is 0 Å². The first-order chi connectivity index (χ1) is 10.7. The van der Waals surface area contributed by atoms with E-state index in [-0.39, 0.29) is 5.78 Å². The largest absolute Gasteiger partial charge is 0.497 e. The van der Waals surface area contributed by atoms with Crippen LogP contribution in [-0.2, 0) is 15.1 Å². The first-order valence-electron chi connectivity index (χ1n) is 7.32. The molecule has 1 aromatic carbocycles. The number of carbonyl (C=O) groups excluding carboxylic acids is 2. The minimum absolute atomic E-state index is 0.125. The minimum Gasteiger partial charge on any atom is -0.497 e. The lowest BCUT2D eigenvalue weighted by molar-refractivity contribution is -0.110. The van der Waals surface area contributed by atoms with Crippen LogP contribution in [0.5, 0.6) is 5.75 Å². The van der Waals surface area contributed by atoms with E-state index in [0.717, 1.165) is 5.56 Å². The molecule has 5 nitrogen and oxygen atoms in total. The van der Waals surface area contributed by atoms with Crippen molar-refractivity contribution in [3.63, 3.8) is 0 Å². The SMILES string of the molecule is COc1ccc(C2(NC(=O)OC(C)(C)C)C=CC(=O)C=C2)cc1. The van der Waals surface area contributed by atoms with Crippen molar-refractivity contribution in [1.82, 2.24) is 5.32 Å². The maximum atomic E-state index is 12.2. The van der Waals surface area contributed by atoms with Crippen LogP contribution in [0.4, 0.5) is 4.79 Å². The zero-order valence-electron chi connectivity index (χ0n) is 13.8. The highest BCUT2D eigenvalue weighted by molar-refractivity contribution is 6.01. The predicted octanol–water partition coefficient (Wildman–Crippen LogP) is 3.11. The molecule has 0 aromatic heterocycles. The third kappa shape index (κ3) is 4.22. The van der Waals surface area contributed by atoms with E-state index in [1.807, 2.05) is 12.1 Å². The summed E-state index contributed by atoms with van der Waals surface area (Å²) in [6.45, 7) is 5.38. The molecule has 1 amide bonds. The fourth-order valence-corrected chi connectivity index (χ4v) is 2.23. The van der Waals surface area contributed by atoms with Gasteiger partial charge in [-0.05, 0) is 62.8 Å². The molecule has 1 N–H and O–H groups in total. The number of carbonyl (C=O) groups is 2. The van der Waals surface area contributed by atoms with Crippen LogP contribution in [0.25, 0.3) is 0 Å². The Balaban J connectivity index is 2.33. The van der Waals surface area contributed by atoms with E-state index >= 15 is 0 Å². The first-order valence-corrected chi connectivity index (χ1v) is 7.32. The van der Waals surface area contributed by atoms with Crippen molar-refractivity contribution in [2.24, 2.45) is 0 Å². The number of hydrogen-bond acceptors (Lipinski definition) is 4. The molecule has 122 valence electrons. The van der Waals surface area contributed by atoms with Crippen molar-refractivity contribution in [2.45, 2.75) is 31.9 Å². The van der Waals surface area contributed by atoms with Crippen molar-refractivity contribution in [3.05, 3.63) is 54.1 Å². The summed E-state index contributed by atoms with van der Waals surface area (Å²) in [5.41, 5.74) is -0.741. The summed E-state index contributed by atoms with van der Waals surface area (Å²) in [7, 11) is 1.59. The van der Waals surface area contributed by atoms with Crippen molar-refractivity contribution in [3.8, 4) is 5.75 Å². The standard InChI is InChI=1S/C18H21NO4/c1-17(2,3)23-16(21)19-18(11-9-14(20)10-12-18)13-5-7-15(22-4)8-6-13/h5-12H,1-4H3,(H,19,21). The van der Waals surface area contributed by atoms with Crippen molar-refractivity contribution in [1.29, 1.82) is 0 Å². The molecule has 0 atom stereocenters. The van der Waals surface area contributed by atoms with Crippen LogP contribution < -0.4 is 10.1 Å². The van der Waals surface area contributed by atoms with Crippen LogP contribution in [0.2, 0.25) is 0 Å². The number of alkyl carbamates (subject to hydrolysis) is 1. The number of hydrogen-bond donors (Lipinski definition) is 1. The monoisotopic (exact) mass is 315 g/mol. The van der Waals surface area contributed by atoms with Gasteiger partial charge in [0.15, 0.2) is 5.78 Å². The zero-order valence-corrected chi connectivity index (χ0v) is 13.8. The molecule has 0 radical (unpaired) electrons. The average molecular weight is 315 g/mol. The fraction of sp³-hybridized carbons (Fsp3) is 0.333. The molecule has 0 spiro atoms. The third-order valence-electron chi connectivity index (χ3n) is 3.30. The summed E-state index contributed by atoms with van der Waals surface area (Å²) in [4.78, 5) is 23.7. The van der Waals surface area contributed by atoms with Gasteiger partial charge in [0.2, 0.25) is 0 Å². The Labute approximate surface area is 136 Å². The lowest BCUT2D eigenvalue weighted by Crippen LogP contribution is -2.46. The van der Waals surface area contributed by atoms with Gasteiger partial charge in [-0.2, -0.15) is 0 Å². The lowest BCUT2D eigenvalue weighted by atomic mass is 9.86. The van der Waals surface area contributed by atoms with E-state index in [2.05, 4.69) is 5.32 Å². The molecular formula is C18H21NO4. The molecule has 0 bridgehead atoms. The number of amides is 1. The van der Waals surface area contributed by atoms with Crippen LogP contribution in [0, 0.1) is 0 Å². The Morgan fingerprint density at radius 1 is 1.09 bits per heavy atom. The summed E-state index contributed by atoms with van der Waals surface area (Å²) in [5.74, 6) is 0.584. The number of allylic oxidation sites excluding steroid dienone is 2. The van der Waals surface area contributed by atoms with Gasteiger partial charge in [-0.25, -0.2) is 4.79 Å². The summed E-state index contributed by atoms with van der Waals surface area (Å²) in [6.07, 6.45) is 5.61. The molecule has 5 heteroatoms. The molecule has 0 aliphatic heterocycles. The van der Waals surface area contributed by atoms with E-state index in [9.17, 15) is 9.59 Å². The van der Waals surface area contributed by atoms with Crippen LogP contribution in [-0.4, -0.2) is 24.6 Å². The Hall–Kier alpha value is -2.56. The molecule has 2 rings (SSSR count). The Kier molecular flexibility index (Phi) is 4.59. The molecule has 0 fully saturated rings. The summed E-state index contributed by atoms with van der Waals surface area (Å²) in [6, 6.07) is 7.26. The molecule has 0 saturated heterocycles. The number of rotatable bonds is 3. The third-order valence-corrected chi connectivity index (χ3v) is 3.30. The second-order valence-corrected chi connectivity index (χ2v) is 6.29. The van der Waals surface area contributed by atoms with Gasteiger partial charge < -0.3 is 14.8 Å². The number of nitrogens with one attached hydrogen (secondary N) is 1. The molecule has 1 aliphatic rings. The van der Waals surface area contributed by atoms with E-state index in [0.29, 0.717) is 5.75 Å². The average Bonchev–Trinajstić information content (AvgIpc) is 2.48. The first kappa shape index (κ1) is 16.8. The topological polar surface area (TPSA) is 64.6 Å². The molecule has 0 heterocycles. The zero-order chi connectivity index (χ0) is 17.1. The van der Waals surface area contributed by atoms with Gasteiger partial charge in [0.05, 0.1) is 7.11 Å². The second kappa shape index (κ2) is 6.28. The van der Waals surface area contributed by atoms with Gasteiger partial charge in [0.1, 0.15) is 16.9 Å². The van der Waals surface area contributed by atoms with Crippen molar-refractivity contribution >= 4 is 11.9 Å². The van der Waals surface area contributed by atoms with Crippen LogP contribution in [0.15, 0.2) is 48.6 Å². The molecule has 1 aliphatic carbocycles. The molecule has 23 heavy (non-hydrogen) atoms. The fourth-order valence-electron chi connectivity index (χ4n) is 2.23. The highest BCUT2D eigenvalue weighted by atomic mass is 16.6. The summed E-state index contributed by atoms with van der Waals surface area (Å²) in [5, 5.41) is 2.84. The van der Waals surface area contributed by atoms with Gasteiger partial charge in [-0.3, -0.25) is 4.79 Å². The van der Waals surface area contributed by atoms with Gasteiger partial charge in [0, 0.05) is 0 Å². The second-order valence-electron chi connectivity index (χ2n) is 6.29. The highest BCUT2D eigenvalue weighted by Gasteiger charge is 2.32. The highest BCUT2D eigenvalue weighted by Crippen LogP contribution is 2.29. The number of benzene rings is 1. The van der Waals surface area contributed by atoms with Crippen LogP contribution >= 0.6 is 0 Å². The Morgan fingerprint density at radius 2 is 1.65 bits per heavy atom. The van der Waals surface area contributed by atoms with Gasteiger partial charge in [-0.1, -0.05) is 12.1 Å². The number of ketones is 1. The van der Waals surface area contributed by atoms with E-state index in [1.165, 1.54) is 12.2 Å². The van der Waals surface area contributed by atoms with E-state index in [1.54, 1.807) is 52.2 Å². The smallest absolute Gasteiger partial charge is 0.408 e. The van der Waals surface area contributed by atoms with Gasteiger partial charge in [-0.15, -0.1) is 0 Å². The maximum Gasteiger partial charge on any atom is 0.408 e. The Bertz CT molecular complexity index is 635. The lowest BCUT2D eigenvalue weighted by Gasteiger charge is -2.32. The van der Waals surface area contributed by atoms with E-state index in [4.69, 9.17) is 9.47 Å². The Morgan fingerprint density at radius 3 is 2.13 bits per heavy atom. The number of methoxy groups -OCH3 is 1. The molecule has 0 saturated carbocycles. The summed E-state index contributed by atoms with van der Waals surface area (Å²) >= 11 is 0. The predicted molar refractivity (Wildman–Crippen MR) is 87.3 cm³/mol. The normalized spacial score (nSPS) is 16.1. The number of ether oxygens (including phenoxy) is 2. The molecule has 0 unspecified atom stereocenters. The van der Waals surface area contributed by atoms with Crippen molar-refractivity contribution in [2.75, 3.05) is 7.11 Å². The minimum atomic E-state index is -0.928. The van der Waals surface area contributed by atoms with E-state index < -0.39 is 17.2 Å². The van der Waals surface area contributed by atoms with Gasteiger partial charge >= 0.3 is 6.09 Å². The van der Waals surface area contributed by atoms with Crippen LogP contribution in [0.1, 0.15) is 26.3 Å².